The first kappa shape index (κ1) is 16.8. The van der Waals surface area contributed by atoms with Crippen molar-refractivity contribution in [3.63, 3.8) is 0 Å². The number of carbonyl (C=O) groups excluding carboxylic acids is 2. The van der Waals surface area contributed by atoms with Crippen LogP contribution in [0.3, 0.4) is 0 Å². The quantitative estimate of drug-likeness (QED) is 0.827. The molecule has 0 heterocycles. The maximum Gasteiger partial charge on any atom is 0.307 e. The Morgan fingerprint density at radius 2 is 2.00 bits per heavy atom. The molecular weight excluding hydrogens is 300 g/mol. The van der Waals surface area contributed by atoms with E-state index in [1.54, 1.807) is 39.2 Å². The predicted octanol–water partition coefficient (Wildman–Crippen LogP) is 1.45. The first-order valence-corrected chi connectivity index (χ1v) is 7.37. The summed E-state index contributed by atoms with van der Waals surface area (Å²) in [6.07, 6.45) is 0.350. The van der Waals surface area contributed by atoms with Crippen LogP contribution in [-0.2, 0) is 9.59 Å². The van der Waals surface area contributed by atoms with Crippen LogP contribution in [0.2, 0.25) is 0 Å². The fourth-order valence-corrected chi connectivity index (χ4v) is 2.27. The van der Waals surface area contributed by atoms with Crippen molar-refractivity contribution in [1.82, 2.24) is 4.90 Å². The maximum atomic E-state index is 12.1. The molecular formula is C16H20N2O5. The lowest BCUT2D eigenvalue weighted by molar-refractivity contribution is -0.139. The van der Waals surface area contributed by atoms with Gasteiger partial charge in [0.05, 0.1) is 24.1 Å². The second kappa shape index (κ2) is 6.68. The van der Waals surface area contributed by atoms with Crippen LogP contribution in [0.25, 0.3) is 0 Å². The molecule has 2 rings (SSSR count). The lowest BCUT2D eigenvalue weighted by Gasteiger charge is -2.15. The molecule has 0 aliphatic heterocycles. The lowest BCUT2D eigenvalue weighted by atomic mass is 10.1. The van der Waals surface area contributed by atoms with Crippen molar-refractivity contribution >= 4 is 23.5 Å². The number of carboxylic acids is 1. The summed E-state index contributed by atoms with van der Waals surface area (Å²) < 4.78 is 5.48. The fourth-order valence-electron chi connectivity index (χ4n) is 2.27. The van der Waals surface area contributed by atoms with Gasteiger partial charge in [-0.15, -0.1) is 0 Å². The molecule has 0 bridgehead atoms. The molecule has 1 aliphatic rings. The zero-order chi connectivity index (χ0) is 17.1. The molecule has 0 unspecified atom stereocenters. The minimum Gasteiger partial charge on any atom is -0.492 e. The molecule has 0 saturated heterocycles. The van der Waals surface area contributed by atoms with Gasteiger partial charge in [-0.05, 0) is 31.5 Å². The van der Waals surface area contributed by atoms with Crippen LogP contribution in [0.15, 0.2) is 18.2 Å². The number of hydrogen-bond acceptors (Lipinski definition) is 4. The van der Waals surface area contributed by atoms with Crippen molar-refractivity contribution < 1.29 is 24.2 Å². The summed E-state index contributed by atoms with van der Waals surface area (Å²) in [6.45, 7) is 2.18. The normalized spacial score (nSPS) is 18.9. The lowest BCUT2D eigenvalue weighted by Crippen LogP contribution is -2.22. The number of aliphatic carboxylic acids is 1. The van der Waals surface area contributed by atoms with E-state index in [0.29, 0.717) is 30.0 Å². The fraction of sp³-hybridized carbons (Fsp3) is 0.438. The van der Waals surface area contributed by atoms with Gasteiger partial charge in [0, 0.05) is 19.7 Å². The van der Waals surface area contributed by atoms with Gasteiger partial charge in [0.15, 0.2) is 0 Å². The highest BCUT2D eigenvalue weighted by Gasteiger charge is 2.48. The average Bonchev–Trinajstić information content (AvgIpc) is 3.29. The number of carbonyl (C=O) groups is 3. The van der Waals surface area contributed by atoms with E-state index in [0.717, 1.165) is 0 Å². The largest absolute Gasteiger partial charge is 0.492 e. The third-order valence-corrected chi connectivity index (χ3v) is 3.64. The standard InChI is InChI=1S/C16H20N2O5/c1-4-23-13-7-9(15(20)18(2)3)5-6-12(13)17-14(19)10-8-11(10)16(21)22/h5-7,10-11H,4,8H2,1-3H3,(H,17,19)(H,21,22)/t10-,11+/m0/s1. The van der Waals surface area contributed by atoms with Crippen molar-refractivity contribution in [2.75, 3.05) is 26.0 Å². The first-order chi connectivity index (χ1) is 10.8. The van der Waals surface area contributed by atoms with E-state index < -0.39 is 17.8 Å². The Morgan fingerprint density at radius 1 is 1.30 bits per heavy atom. The summed E-state index contributed by atoms with van der Waals surface area (Å²) in [5, 5.41) is 11.6. The van der Waals surface area contributed by atoms with Crippen molar-refractivity contribution in [3.05, 3.63) is 23.8 Å². The molecule has 1 fully saturated rings. The molecule has 2 amide bonds. The first-order valence-electron chi connectivity index (χ1n) is 7.37. The van der Waals surface area contributed by atoms with Crippen molar-refractivity contribution in [3.8, 4) is 5.75 Å². The van der Waals surface area contributed by atoms with Crippen LogP contribution >= 0.6 is 0 Å². The number of nitrogens with one attached hydrogen (secondary N) is 1. The van der Waals surface area contributed by atoms with Crippen LogP contribution in [0.1, 0.15) is 23.7 Å². The van der Waals surface area contributed by atoms with Crippen LogP contribution in [0.5, 0.6) is 5.75 Å². The number of benzene rings is 1. The molecule has 0 aromatic heterocycles. The smallest absolute Gasteiger partial charge is 0.307 e. The molecule has 1 aliphatic carbocycles. The summed E-state index contributed by atoms with van der Waals surface area (Å²) in [5.41, 5.74) is 0.884. The second-order valence-corrected chi connectivity index (χ2v) is 5.62. The van der Waals surface area contributed by atoms with Gasteiger partial charge in [0.25, 0.3) is 5.91 Å². The van der Waals surface area contributed by atoms with Crippen molar-refractivity contribution in [2.45, 2.75) is 13.3 Å². The summed E-state index contributed by atoms with van der Waals surface area (Å²) in [6, 6.07) is 4.77. The van der Waals surface area contributed by atoms with E-state index in [1.165, 1.54) is 4.90 Å². The maximum absolute atomic E-state index is 12.1. The number of carboxylic acid groups (broad SMARTS) is 1. The van der Waals surface area contributed by atoms with Crippen molar-refractivity contribution in [1.29, 1.82) is 0 Å². The summed E-state index contributed by atoms with van der Waals surface area (Å²) in [5.74, 6) is -2.20. The van der Waals surface area contributed by atoms with Crippen LogP contribution < -0.4 is 10.1 Å². The molecule has 1 aromatic carbocycles. The molecule has 7 heteroatoms. The van der Waals surface area contributed by atoms with Gasteiger partial charge in [-0.2, -0.15) is 0 Å². The molecule has 2 N–H and O–H groups in total. The highest BCUT2D eigenvalue weighted by molar-refractivity contribution is 6.00. The van der Waals surface area contributed by atoms with Gasteiger partial charge in [-0.25, -0.2) is 0 Å². The molecule has 1 aromatic rings. The second-order valence-electron chi connectivity index (χ2n) is 5.62. The Morgan fingerprint density at radius 3 is 2.52 bits per heavy atom. The van der Waals surface area contributed by atoms with Crippen LogP contribution in [-0.4, -0.2) is 48.5 Å². The monoisotopic (exact) mass is 320 g/mol. The van der Waals surface area contributed by atoms with E-state index in [2.05, 4.69) is 5.32 Å². The number of hydrogen-bond donors (Lipinski definition) is 2. The minimum absolute atomic E-state index is 0.169. The van der Waals surface area contributed by atoms with Crippen LogP contribution in [0.4, 0.5) is 5.69 Å². The summed E-state index contributed by atoms with van der Waals surface area (Å²) in [7, 11) is 3.30. The van der Waals surface area contributed by atoms with Gasteiger partial charge in [0.1, 0.15) is 5.75 Å². The molecule has 1 saturated carbocycles. The van der Waals surface area contributed by atoms with Gasteiger partial charge >= 0.3 is 5.97 Å². The topological polar surface area (TPSA) is 95.9 Å². The Labute approximate surface area is 134 Å². The molecule has 23 heavy (non-hydrogen) atoms. The Bertz CT molecular complexity index is 641. The number of nitrogens with zero attached hydrogens (tertiary/aromatic N) is 1. The zero-order valence-corrected chi connectivity index (χ0v) is 13.3. The molecule has 0 spiro atoms. The number of anilines is 1. The zero-order valence-electron chi connectivity index (χ0n) is 13.3. The van der Waals surface area contributed by atoms with E-state index in [-0.39, 0.29) is 11.8 Å². The highest BCUT2D eigenvalue weighted by atomic mass is 16.5. The van der Waals surface area contributed by atoms with E-state index in [1.807, 2.05) is 0 Å². The summed E-state index contributed by atoms with van der Waals surface area (Å²) >= 11 is 0. The molecule has 2 atom stereocenters. The number of rotatable bonds is 6. The van der Waals surface area contributed by atoms with E-state index in [4.69, 9.17) is 9.84 Å². The third-order valence-electron chi connectivity index (χ3n) is 3.64. The molecule has 124 valence electrons. The summed E-state index contributed by atoms with van der Waals surface area (Å²) in [4.78, 5) is 36.3. The minimum atomic E-state index is -0.956. The van der Waals surface area contributed by atoms with Gasteiger partial charge in [-0.1, -0.05) is 0 Å². The molecule has 0 radical (unpaired) electrons. The number of ether oxygens (including phenoxy) is 1. The Hall–Kier alpha value is -2.57. The van der Waals surface area contributed by atoms with Crippen molar-refractivity contribution in [2.24, 2.45) is 11.8 Å². The third kappa shape index (κ3) is 3.80. The highest BCUT2D eigenvalue weighted by Crippen LogP contribution is 2.40. The average molecular weight is 320 g/mol. The Balaban J connectivity index is 2.16. The van der Waals surface area contributed by atoms with Crippen LogP contribution in [0, 0.1) is 11.8 Å². The predicted molar refractivity (Wildman–Crippen MR) is 83.5 cm³/mol. The molecule has 7 nitrogen and oxygen atoms in total. The van der Waals surface area contributed by atoms with E-state index >= 15 is 0 Å². The number of amides is 2. The SMILES string of the molecule is CCOc1cc(C(=O)N(C)C)ccc1NC(=O)[C@H]1C[C@H]1C(=O)O. The van der Waals surface area contributed by atoms with E-state index in [9.17, 15) is 14.4 Å². The van der Waals surface area contributed by atoms with Gasteiger partial charge in [0.2, 0.25) is 5.91 Å². The van der Waals surface area contributed by atoms with Gasteiger partial charge in [-0.3, -0.25) is 14.4 Å². The van der Waals surface area contributed by atoms with Gasteiger partial charge < -0.3 is 20.1 Å². The Kier molecular flexibility index (Phi) is 4.88.